The van der Waals surface area contributed by atoms with Crippen molar-refractivity contribution < 1.29 is 4.79 Å². The molecular weight excluding hydrogens is 188 g/mol. The summed E-state index contributed by atoms with van der Waals surface area (Å²) >= 11 is 0. The van der Waals surface area contributed by atoms with Crippen LogP contribution in [0.1, 0.15) is 25.0 Å². The molecule has 1 heterocycles. The van der Waals surface area contributed by atoms with Crippen molar-refractivity contribution in [3.05, 3.63) is 30.1 Å². The van der Waals surface area contributed by atoms with Crippen molar-refractivity contribution in [1.82, 2.24) is 10.3 Å². The molecule has 80 valence electrons. The molecule has 1 aromatic heterocycles. The maximum absolute atomic E-state index is 11.5. The highest BCUT2D eigenvalue weighted by atomic mass is 16.1. The van der Waals surface area contributed by atoms with Crippen LogP contribution in [0.3, 0.4) is 0 Å². The summed E-state index contributed by atoms with van der Waals surface area (Å²) in [6.45, 7) is 0.701. The monoisotopic (exact) mass is 204 g/mol. The number of rotatable bonds is 4. The molecule has 1 aromatic rings. The summed E-state index contributed by atoms with van der Waals surface area (Å²) in [6.07, 6.45) is 5.94. The molecule has 0 aliphatic heterocycles. The van der Waals surface area contributed by atoms with E-state index in [-0.39, 0.29) is 11.8 Å². The molecule has 0 radical (unpaired) electrons. The van der Waals surface area contributed by atoms with Gasteiger partial charge in [0.05, 0.1) is 0 Å². The summed E-state index contributed by atoms with van der Waals surface area (Å²) in [6, 6.07) is 5.85. The molecule has 1 amide bonds. The van der Waals surface area contributed by atoms with Crippen LogP contribution in [0.2, 0.25) is 0 Å². The highest BCUT2D eigenvalue weighted by molar-refractivity contribution is 5.79. The van der Waals surface area contributed by atoms with Crippen molar-refractivity contribution in [3.8, 4) is 0 Å². The van der Waals surface area contributed by atoms with Crippen LogP contribution in [0.15, 0.2) is 24.4 Å². The van der Waals surface area contributed by atoms with Crippen molar-refractivity contribution in [3.63, 3.8) is 0 Å². The number of amides is 1. The Morgan fingerprint density at radius 1 is 1.47 bits per heavy atom. The van der Waals surface area contributed by atoms with Gasteiger partial charge in [-0.05, 0) is 25.0 Å². The second-order valence-corrected chi connectivity index (χ2v) is 3.99. The van der Waals surface area contributed by atoms with Gasteiger partial charge in [0.25, 0.3) is 0 Å². The highest BCUT2D eigenvalue weighted by Crippen LogP contribution is 2.25. The summed E-state index contributed by atoms with van der Waals surface area (Å²) in [7, 11) is 0. The normalized spacial score (nSPS) is 15.7. The lowest BCUT2D eigenvalue weighted by Crippen LogP contribution is -2.35. The predicted octanol–water partition coefficient (Wildman–Crippen LogP) is 1.54. The quantitative estimate of drug-likeness (QED) is 0.808. The standard InChI is InChI=1S/C12H16N2O/c15-12(10-4-3-5-10)14-9-7-11-6-1-2-8-13-11/h1-2,6,8,10H,3-5,7,9H2,(H,14,15). The van der Waals surface area contributed by atoms with E-state index in [1.807, 2.05) is 18.2 Å². The molecule has 15 heavy (non-hydrogen) atoms. The third kappa shape index (κ3) is 2.78. The Labute approximate surface area is 89.9 Å². The molecule has 1 saturated carbocycles. The zero-order valence-corrected chi connectivity index (χ0v) is 8.78. The average Bonchev–Trinajstić information content (AvgIpc) is 2.16. The van der Waals surface area contributed by atoms with Gasteiger partial charge in [0, 0.05) is 30.8 Å². The minimum absolute atomic E-state index is 0.220. The van der Waals surface area contributed by atoms with Crippen LogP contribution in [-0.2, 0) is 11.2 Å². The minimum atomic E-state index is 0.220. The number of aromatic nitrogens is 1. The van der Waals surface area contributed by atoms with E-state index in [2.05, 4.69) is 10.3 Å². The smallest absolute Gasteiger partial charge is 0.223 e. The van der Waals surface area contributed by atoms with Gasteiger partial charge in [-0.25, -0.2) is 0 Å². The Morgan fingerprint density at radius 3 is 2.93 bits per heavy atom. The largest absolute Gasteiger partial charge is 0.355 e. The van der Waals surface area contributed by atoms with Crippen LogP contribution in [-0.4, -0.2) is 17.4 Å². The molecule has 2 rings (SSSR count). The van der Waals surface area contributed by atoms with E-state index in [1.54, 1.807) is 6.20 Å². The van der Waals surface area contributed by atoms with E-state index in [4.69, 9.17) is 0 Å². The maximum atomic E-state index is 11.5. The lowest BCUT2D eigenvalue weighted by atomic mass is 9.85. The van der Waals surface area contributed by atoms with Crippen LogP contribution in [0.4, 0.5) is 0 Å². The summed E-state index contributed by atoms with van der Waals surface area (Å²) in [5.74, 6) is 0.505. The first-order chi connectivity index (χ1) is 7.36. The first kappa shape index (κ1) is 10.1. The first-order valence-electron chi connectivity index (χ1n) is 5.54. The molecule has 0 bridgehead atoms. The zero-order chi connectivity index (χ0) is 10.5. The molecule has 0 atom stereocenters. The van der Waals surface area contributed by atoms with Crippen molar-refractivity contribution in [2.75, 3.05) is 6.54 Å². The van der Waals surface area contributed by atoms with Gasteiger partial charge in [-0.15, -0.1) is 0 Å². The van der Waals surface area contributed by atoms with Gasteiger partial charge in [-0.2, -0.15) is 0 Å². The molecule has 0 spiro atoms. The topological polar surface area (TPSA) is 42.0 Å². The fraction of sp³-hybridized carbons (Fsp3) is 0.500. The Hall–Kier alpha value is -1.38. The number of hydrogen-bond acceptors (Lipinski definition) is 2. The van der Waals surface area contributed by atoms with Crippen molar-refractivity contribution >= 4 is 5.91 Å². The molecule has 0 saturated heterocycles. The third-order valence-electron chi connectivity index (χ3n) is 2.88. The van der Waals surface area contributed by atoms with E-state index < -0.39 is 0 Å². The molecular formula is C12H16N2O. The molecule has 0 aromatic carbocycles. The lowest BCUT2D eigenvalue weighted by Gasteiger charge is -2.23. The molecule has 1 N–H and O–H groups in total. The molecule has 0 unspecified atom stereocenters. The summed E-state index contributed by atoms with van der Waals surface area (Å²) in [5, 5.41) is 2.95. The van der Waals surface area contributed by atoms with Crippen LogP contribution in [0.25, 0.3) is 0 Å². The van der Waals surface area contributed by atoms with Crippen molar-refractivity contribution in [2.24, 2.45) is 5.92 Å². The van der Waals surface area contributed by atoms with E-state index >= 15 is 0 Å². The van der Waals surface area contributed by atoms with E-state index in [0.29, 0.717) is 6.54 Å². The van der Waals surface area contributed by atoms with Crippen molar-refractivity contribution in [1.29, 1.82) is 0 Å². The van der Waals surface area contributed by atoms with Crippen LogP contribution in [0, 0.1) is 5.92 Å². The number of pyridine rings is 1. The van der Waals surface area contributed by atoms with Gasteiger partial charge in [-0.3, -0.25) is 9.78 Å². The Morgan fingerprint density at radius 2 is 2.33 bits per heavy atom. The second kappa shape index (κ2) is 4.91. The van der Waals surface area contributed by atoms with E-state index in [9.17, 15) is 4.79 Å². The fourth-order valence-corrected chi connectivity index (χ4v) is 1.67. The summed E-state index contributed by atoms with van der Waals surface area (Å²) < 4.78 is 0. The van der Waals surface area contributed by atoms with E-state index in [1.165, 1.54) is 6.42 Å². The SMILES string of the molecule is O=C(NCCc1ccccn1)C1CCC1. The fourth-order valence-electron chi connectivity index (χ4n) is 1.67. The van der Waals surface area contributed by atoms with E-state index in [0.717, 1.165) is 25.0 Å². The average molecular weight is 204 g/mol. The Balaban J connectivity index is 1.68. The third-order valence-corrected chi connectivity index (χ3v) is 2.88. The summed E-state index contributed by atoms with van der Waals surface area (Å²) in [4.78, 5) is 15.7. The number of carbonyl (C=O) groups excluding carboxylic acids is 1. The van der Waals surface area contributed by atoms with Gasteiger partial charge in [0.1, 0.15) is 0 Å². The maximum Gasteiger partial charge on any atom is 0.223 e. The highest BCUT2D eigenvalue weighted by Gasteiger charge is 2.24. The van der Waals surface area contributed by atoms with Crippen LogP contribution >= 0.6 is 0 Å². The lowest BCUT2D eigenvalue weighted by molar-refractivity contribution is -0.127. The minimum Gasteiger partial charge on any atom is -0.355 e. The van der Waals surface area contributed by atoms with Gasteiger partial charge in [0.2, 0.25) is 5.91 Å². The Bertz CT molecular complexity index is 320. The first-order valence-corrected chi connectivity index (χ1v) is 5.54. The number of nitrogens with zero attached hydrogens (tertiary/aromatic N) is 1. The molecule has 1 fully saturated rings. The van der Waals surface area contributed by atoms with Gasteiger partial charge in [0.15, 0.2) is 0 Å². The number of nitrogens with one attached hydrogen (secondary N) is 1. The van der Waals surface area contributed by atoms with Gasteiger partial charge < -0.3 is 5.32 Å². The Kier molecular flexibility index (Phi) is 3.33. The molecule has 1 aliphatic carbocycles. The van der Waals surface area contributed by atoms with Crippen LogP contribution in [0.5, 0.6) is 0 Å². The molecule has 3 heteroatoms. The van der Waals surface area contributed by atoms with Gasteiger partial charge >= 0.3 is 0 Å². The predicted molar refractivity (Wildman–Crippen MR) is 58.3 cm³/mol. The molecule has 3 nitrogen and oxygen atoms in total. The van der Waals surface area contributed by atoms with Crippen LogP contribution < -0.4 is 5.32 Å². The second-order valence-electron chi connectivity index (χ2n) is 3.99. The number of carbonyl (C=O) groups is 1. The molecule has 1 aliphatic rings. The number of hydrogen-bond donors (Lipinski definition) is 1. The van der Waals surface area contributed by atoms with Crippen molar-refractivity contribution in [2.45, 2.75) is 25.7 Å². The zero-order valence-electron chi connectivity index (χ0n) is 8.78. The van der Waals surface area contributed by atoms with Gasteiger partial charge in [-0.1, -0.05) is 12.5 Å². The summed E-state index contributed by atoms with van der Waals surface area (Å²) in [5.41, 5.74) is 1.03.